The maximum Gasteiger partial charge on any atom is 0.243 e. The molecule has 1 aromatic carbocycles. The number of halogens is 3. The van der Waals surface area contributed by atoms with E-state index in [1.54, 1.807) is 0 Å². The van der Waals surface area contributed by atoms with Gasteiger partial charge in [0.1, 0.15) is 4.90 Å². The molecule has 1 aliphatic heterocycles. The number of ether oxygens (including phenoxy) is 1. The highest BCUT2D eigenvalue weighted by Gasteiger charge is 2.26. The lowest BCUT2D eigenvalue weighted by Gasteiger charge is -2.17. The molecule has 1 aromatic rings. The minimum absolute atomic E-state index is 0.0162. The molecule has 1 aliphatic rings. The van der Waals surface area contributed by atoms with Gasteiger partial charge >= 0.3 is 0 Å². The highest BCUT2D eigenvalue weighted by molar-refractivity contribution is 7.89. The molecule has 1 saturated heterocycles. The second kappa shape index (κ2) is 6.79. The van der Waals surface area contributed by atoms with Crippen molar-refractivity contribution >= 4 is 44.8 Å². The Bertz CT molecular complexity index is 564. The molecule has 20 heavy (non-hydrogen) atoms. The Morgan fingerprint density at radius 2 is 1.90 bits per heavy atom. The third-order valence-electron chi connectivity index (χ3n) is 2.69. The van der Waals surface area contributed by atoms with Crippen LogP contribution in [0.25, 0.3) is 0 Å². The van der Waals surface area contributed by atoms with Gasteiger partial charge < -0.3 is 10.1 Å². The quantitative estimate of drug-likeness (QED) is 0.865. The monoisotopic (exact) mass is 358 g/mol. The summed E-state index contributed by atoms with van der Waals surface area (Å²) in [5.41, 5.74) is 0. The van der Waals surface area contributed by atoms with E-state index in [1.165, 1.54) is 12.1 Å². The van der Waals surface area contributed by atoms with Gasteiger partial charge in [-0.05, 0) is 12.1 Å². The summed E-state index contributed by atoms with van der Waals surface area (Å²) in [5.74, 6) is 0. The van der Waals surface area contributed by atoms with Gasteiger partial charge in [0, 0.05) is 18.1 Å². The topological polar surface area (TPSA) is 67.4 Å². The summed E-state index contributed by atoms with van der Waals surface area (Å²) in [6.45, 7) is 1.98. The van der Waals surface area contributed by atoms with Crippen LogP contribution in [-0.2, 0) is 14.8 Å². The first kappa shape index (κ1) is 16.3. The van der Waals surface area contributed by atoms with E-state index in [2.05, 4.69) is 10.0 Å². The van der Waals surface area contributed by atoms with E-state index in [4.69, 9.17) is 39.5 Å². The molecule has 0 aromatic heterocycles. The normalized spacial score (nSPS) is 20.6. The maximum absolute atomic E-state index is 12.4. The lowest BCUT2D eigenvalue weighted by Crippen LogP contribution is -2.43. The average molecular weight is 360 g/mol. The van der Waals surface area contributed by atoms with Gasteiger partial charge in [-0.2, -0.15) is 0 Å². The van der Waals surface area contributed by atoms with Crippen LogP contribution in [0.1, 0.15) is 0 Å². The molecule has 1 atom stereocenters. The van der Waals surface area contributed by atoms with E-state index in [9.17, 15) is 8.42 Å². The number of benzene rings is 1. The first-order valence-electron chi connectivity index (χ1n) is 5.85. The Morgan fingerprint density at radius 1 is 1.25 bits per heavy atom. The van der Waals surface area contributed by atoms with E-state index in [0.29, 0.717) is 19.7 Å². The summed E-state index contributed by atoms with van der Waals surface area (Å²) in [4.78, 5) is -0.172. The molecule has 0 amide bonds. The molecule has 2 N–H and O–H groups in total. The van der Waals surface area contributed by atoms with E-state index in [-0.39, 0.29) is 32.6 Å². The molecule has 0 radical (unpaired) electrons. The van der Waals surface area contributed by atoms with Crippen molar-refractivity contribution in [1.82, 2.24) is 10.0 Å². The number of hydrogen-bond acceptors (Lipinski definition) is 4. The highest BCUT2D eigenvalue weighted by Crippen LogP contribution is 2.32. The van der Waals surface area contributed by atoms with Gasteiger partial charge in [0.25, 0.3) is 0 Å². The van der Waals surface area contributed by atoms with Crippen LogP contribution < -0.4 is 10.0 Å². The Labute approximate surface area is 132 Å². The van der Waals surface area contributed by atoms with Crippen LogP contribution in [0.3, 0.4) is 0 Å². The summed E-state index contributed by atoms with van der Waals surface area (Å²) < 4.78 is 32.5. The summed E-state index contributed by atoms with van der Waals surface area (Å²) in [7, 11) is -3.85. The third-order valence-corrected chi connectivity index (χ3v) is 5.35. The van der Waals surface area contributed by atoms with Crippen LogP contribution in [0.4, 0.5) is 0 Å². The van der Waals surface area contributed by atoms with Gasteiger partial charge in [-0.25, -0.2) is 13.1 Å². The van der Waals surface area contributed by atoms with Crippen LogP contribution in [0.15, 0.2) is 17.0 Å². The zero-order valence-corrected chi connectivity index (χ0v) is 13.4. The third kappa shape index (κ3) is 3.98. The Morgan fingerprint density at radius 3 is 2.55 bits per heavy atom. The van der Waals surface area contributed by atoms with E-state index < -0.39 is 10.0 Å². The van der Waals surface area contributed by atoms with Crippen molar-refractivity contribution in [3.63, 3.8) is 0 Å². The first-order chi connectivity index (χ1) is 9.40. The SMILES string of the molecule is O=S(=O)(NC1CNCCOC1)c1c(Cl)cc(Cl)cc1Cl. The van der Waals surface area contributed by atoms with Gasteiger partial charge in [-0.15, -0.1) is 0 Å². The standard InChI is InChI=1S/C11H13Cl3N2O3S/c12-7-3-9(13)11(10(14)4-7)20(17,18)16-8-5-15-1-2-19-6-8/h3-4,8,15-16H,1-2,5-6H2. The predicted molar refractivity (Wildman–Crippen MR) is 79.3 cm³/mol. The molecule has 0 bridgehead atoms. The number of sulfonamides is 1. The molecule has 1 heterocycles. The summed E-state index contributed by atoms with van der Waals surface area (Å²) >= 11 is 17.6. The van der Waals surface area contributed by atoms with Crippen molar-refractivity contribution in [1.29, 1.82) is 0 Å². The number of hydrogen-bond donors (Lipinski definition) is 2. The van der Waals surface area contributed by atoms with E-state index in [1.807, 2.05) is 0 Å². The van der Waals surface area contributed by atoms with Crippen LogP contribution in [-0.4, -0.2) is 40.8 Å². The predicted octanol–water partition coefficient (Wildman–Crippen LogP) is 1.91. The van der Waals surface area contributed by atoms with Crippen LogP contribution in [0.5, 0.6) is 0 Å². The average Bonchev–Trinajstić information content (AvgIpc) is 2.54. The van der Waals surface area contributed by atoms with E-state index >= 15 is 0 Å². The minimum atomic E-state index is -3.85. The molecule has 1 fully saturated rings. The van der Waals surface area contributed by atoms with Gasteiger partial charge in [0.15, 0.2) is 0 Å². The number of nitrogens with one attached hydrogen (secondary N) is 2. The lowest BCUT2D eigenvalue weighted by atomic mass is 10.3. The van der Waals surface area contributed by atoms with Crippen molar-refractivity contribution in [2.75, 3.05) is 26.3 Å². The second-order valence-electron chi connectivity index (χ2n) is 4.30. The summed E-state index contributed by atoms with van der Waals surface area (Å²) in [5, 5.41) is 3.31. The Hall–Kier alpha value is -0.0800. The van der Waals surface area contributed by atoms with Gasteiger partial charge in [0.05, 0.1) is 29.3 Å². The molecular weight excluding hydrogens is 347 g/mol. The fourth-order valence-corrected chi connectivity index (χ4v) is 4.61. The smallest absolute Gasteiger partial charge is 0.243 e. The lowest BCUT2D eigenvalue weighted by molar-refractivity contribution is 0.139. The highest BCUT2D eigenvalue weighted by atomic mass is 35.5. The van der Waals surface area contributed by atoms with Crippen molar-refractivity contribution in [2.24, 2.45) is 0 Å². The molecule has 9 heteroatoms. The van der Waals surface area contributed by atoms with Crippen LogP contribution >= 0.6 is 34.8 Å². The van der Waals surface area contributed by atoms with Crippen molar-refractivity contribution in [3.05, 3.63) is 27.2 Å². The molecule has 112 valence electrons. The first-order valence-corrected chi connectivity index (χ1v) is 8.47. The summed E-state index contributed by atoms with van der Waals surface area (Å²) in [6, 6.07) is 2.29. The Balaban J connectivity index is 2.26. The van der Waals surface area contributed by atoms with Gasteiger partial charge in [-0.1, -0.05) is 34.8 Å². The molecule has 1 unspecified atom stereocenters. The molecular formula is C11H13Cl3N2O3S. The molecule has 5 nitrogen and oxygen atoms in total. The number of rotatable bonds is 3. The fraction of sp³-hybridized carbons (Fsp3) is 0.455. The largest absolute Gasteiger partial charge is 0.378 e. The zero-order valence-electron chi connectivity index (χ0n) is 10.3. The molecule has 0 aliphatic carbocycles. The van der Waals surface area contributed by atoms with Crippen molar-refractivity contribution < 1.29 is 13.2 Å². The van der Waals surface area contributed by atoms with Gasteiger partial charge in [0.2, 0.25) is 10.0 Å². The minimum Gasteiger partial charge on any atom is -0.378 e. The zero-order chi connectivity index (χ0) is 14.8. The van der Waals surface area contributed by atoms with Gasteiger partial charge in [-0.3, -0.25) is 0 Å². The Kier molecular flexibility index (Phi) is 5.53. The molecule has 0 saturated carbocycles. The summed E-state index contributed by atoms with van der Waals surface area (Å²) in [6.07, 6.45) is 0. The van der Waals surface area contributed by atoms with E-state index in [0.717, 1.165) is 0 Å². The van der Waals surface area contributed by atoms with Crippen molar-refractivity contribution in [3.8, 4) is 0 Å². The second-order valence-corrected chi connectivity index (χ2v) is 7.20. The van der Waals surface area contributed by atoms with Crippen LogP contribution in [0, 0.1) is 0 Å². The van der Waals surface area contributed by atoms with Crippen LogP contribution in [0.2, 0.25) is 15.1 Å². The molecule has 2 rings (SSSR count). The van der Waals surface area contributed by atoms with Crippen molar-refractivity contribution in [2.45, 2.75) is 10.9 Å². The molecule has 0 spiro atoms. The maximum atomic E-state index is 12.4. The fourth-order valence-electron chi connectivity index (χ4n) is 1.84.